The third kappa shape index (κ3) is 5.29. The zero-order chi connectivity index (χ0) is 21.1. The quantitative estimate of drug-likeness (QED) is 0.580. The maximum Gasteiger partial charge on any atom is 0.324 e. The summed E-state index contributed by atoms with van der Waals surface area (Å²) in [6, 6.07) is 6.77. The molecular formula is C18H20N6O4S. The van der Waals surface area contributed by atoms with Gasteiger partial charge in [0.2, 0.25) is 0 Å². The summed E-state index contributed by atoms with van der Waals surface area (Å²) in [4.78, 5) is 19.8. The molecule has 3 rings (SSSR count). The maximum absolute atomic E-state index is 12.4. The van der Waals surface area contributed by atoms with Crippen LogP contribution in [0.2, 0.25) is 0 Å². The summed E-state index contributed by atoms with van der Waals surface area (Å²) in [7, 11) is -3.82. The molecule has 3 aromatic rings. The normalized spacial score (nSPS) is 11.7. The number of benzene rings is 1. The number of nitrogens with zero attached hydrogens (tertiary/aromatic N) is 3. The van der Waals surface area contributed by atoms with E-state index < -0.39 is 16.1 Å². The first-order chi connectivity index (χ1) is 13.6. The number of amides is 2. The van der Waals surface area contributed by atoms with Crippen molar-refractivity contribution in [3.63, 3.8) is 0 Å². The molecule has 3 N–H and O–H groups in total. The number of sulfonamides is 1. The minimum Gasteiger partial charge on any atom is -0.359 e. The molecule has 0 radical (unpaired) electrons. The van der Waals surface area contributed by atoms with Crippen LogP contribution >= 0.6 is 0 Å². The third-order valence-electron chi connectivity index (χ3n) is 3.72. The molecule has 0 unspecified atom stereocenters. The van der Waals surface area contributed by atoms with Gasteiger partial charge in [0.25, 0.3) is 10.0 Å². The first-order valence-corrected chi connectivity index (χ1v) is 10.1. The highest BCUT2D eigenvalue weighted by Gasteiger charge is 2.20. The summed E-state index contributed by atoms with van der Waals surface area (Å²) in [6.07, 6.45) is 4.11. The van der Waals surface area contributed by atoms with E-state index in [0.717, 1.165) is 0 Å². The summed E-state index contributed by atoms with van der Waals surface area (Å²) in [6.45, 7) is 5.89. The molecule has 0 fully saturated rings. The molecule has 0 atom stereocenters. The molecule has 0 saturated carbocycles. The average Bonchev–Trinajstić information content (AvgIpc) is 3.11. The lowest BCUT2D eigenvalue weighted by Crippen LogP contribution is -2.20. The van der Waals surface area contributed by atoms with Gasteiger partial charge in [-0.1, -0.05) is 25.9 Å². The van der Waals surface area contributed by atoms with Gasteiger partial charge in [-0.3, -0.25) is 15.0 Å². The third-order valence-corrected chi connectivity index (χ3v) is 5.09. The van der Waals surface area contributed by atoms with Gasteiger partial charge in [-0.25, -0.2) is 18.2 Å². The SMILES string of the molecule is CC(C)(C)c1cc(NC(=O)Nc2ccc(S(=O)(=O)Nc3cnccn3)cc2)no1. The minimum atomic E-state index is -3.82. The van der Waals surface area contributed by atoms with Crippen LogP contribution in [0.25, 0.3) is 0 Å². The molecule has 0 aliphatic rings. The number of carbonyl (C=O) groups excluding carboxylic acids is 1. The molecule has 1 aromatic carbocycles. The Labute approximate surface area is 167 Å². The molecule has 10 nitrogen and oxygen atoms in total. The topological polar surface area (TPSA) is 139 Å². The molecule has 29 heavy (non-hydrogen) atoms. The number of rotatable bonds is 5. The van der Waals surface area contributed by atoms with E-state index in [0.29, 0.717) is 11.4 Å². The molecule has 0 aliphatic carbocycles. The predicted octanol–water partition coefficient (Wildman–Crippen LogP) is 3.21. The van der Waals surface area contributed by atoms with Crippen LogP contribution in [0.1, 0.15) is 26.5 Å². The second-order valence-corrected chi connectivity index (χ2v) is 8.81. The second-order valence-electron chi connectivity index (χ2n) is 7.13. The van der Waals surface area contributed by atoms with Crippen LogP contribution in [0.4, 0.5) is 22.1 Å². The van der Waals surface area contributed by atoms with Crippen LogP contribution in [-0.4, -0.2) is 29.6 Å². The monoisotopic (exact) mass is 416 g/mol. The fourth-order valence-corrected chi connectivity index (χ4v) is 3.23. The number of hydrogen-bond acceptors (Lipinski definition) is 7. The van der Waals surface area contributed by atoms with Gasteiger partial charge in [0, 0.05) is 29.6 Å². The summed E-state index contributed by atoms with van der Waals surface area (Å²) in [5.74, 6) is 1.02. The van der Waals surface area contributed by atoms with Gasteiger partial charge in [0.1, 0.15) is 5.76 Å². The van der Waals surface area contributed by atoms with Crippen molar-refractivity contribution in [3.8, 4) is 0 Å². The summed E-state index contributed by atoms with van der Waals surface area (Å²) in [5.41, 5.74) is 0.171. The predicted molar refractivity (Wildman–Crippen MR) is 107 cm³/mol. The fraction of sp³-hybridized carbons (Fsp3) is 0.222. The zero-order valence-corrected chi connectivity index (χ0v) is 16.8. The standard InChI is InChI=1S/C18H20N6O4S/c1-18(2,3)14-10-15(23-28-14)22-17(25)21-12-4-6-13(7-5-12)29(26,27)24-16-11-19-8-9-20-16/h4-11H,1-3H3,(H,20,24)(H2,21,22,23,25). The lowest BCUT2D eigenvalue weighted by Gasteiger charge is -2.12. The van der Waals surface area contributed by atoms with E-state index in [9.17, 15) is 13.2 Å². The van der Waals surface area contributed by atoms with Crippen molar-refractivity contribution in [1.29, 1.82) is 0 Å². The highest BCUT2D eigenvalue weighted by molar-refractivity contribution is 7.92. The van der Waals surface area contributed by atoms with Crippen molar-refractivity contribution < 1.29 is 17.7 Å². The molecule has 2 aromatic heterocycles. The van der Waals surface area contributed by atoms with Gasteiger partial charge in [0.15, 0.2) is 11.6 Å². The number of urea groups is 1. The lowest BCUT2D eigenvalue weighted by atomic mass is 9.93. The van der Waals surface area contributed by atoms with Crippen LogP contribution in [-0.2, 0) is 15.4 Å². The zero-order valence-electron chi connectivity index (χ0n) is 16.0. The molecular weight excluding hydrogens is 396 g/mol. The van der Waals surface area contributed by atoms with E-state index in [4.69, 9.17) is 4.52 Å². The summed E-state index contributed by atoms with van der Waals surface area (Å²) < 4.78 is 32.3. The molecule has 2 amide bonds. The second kappa shape index (κ2) is 7.87. The van der Waals surface area contributed by atoms with Crippen LogP contribution in [0.3, 0.4) is 0 Å². The molecule has 0 aliphatic heterocycles. The van der Waals surface area contributed by atoms with Gasteiger partial charge >= 0.3 is 6.03 Å². The molecule has 0 bridgehead atoms. The number of hydrogen-bond donors (Lipinski definition) is 3. The largest absolute Gasteiger partial charge is 0.359 e. The van der Waals surface area contributed by atoms with Gasteiger partial charge < -0.3 is 9.84 Å². The van der Waals surface area contributed by atoms with E-state index in [1.165, 1.54) is 42.9 Å². The summed E-state index contributed by atoms with van der Waals surface area (Å²) >= 11 is 0. The molecule has 2 heterocycles. The van der Waals surface area contributed by atoms with Crippen LogP contribution in [0, 0.1) is 0 Å². The molecule has 152 valence electrons. The van der Waals surface area contributed by atoms with Crippen molar-refractivity contribution in [2.75, 3.05) is 15.4 Å². The van der Waals surface area contributed by atoms with E-state index >= 15 is 0 Å². The Hall–Kier alpha value is -3.47. The van der Waals surface area contributed by atoms with Crippen molar-refractivity contribution in [2.24, 2.45) is 0 Å². The van der Waals surface area contributed by atoms with Gasteiger partial charge in [-0.15, -0.1) is 0 Å². The Kier molecular flexibility index (Phi) is 5.50. The Morgan fingerprint density at radius 2 is 1.76 bits per heavy atom. The van der Waals surface area contributed by atoms with Crippen molar-refractivity contribution in [2.45, 2.75) is 31.1 Å². The highest BCUT2D eigenvalue weighted by atomic mass is 32.2. The van der Waals surface area contributed by atoms with Crippen LogP contribution in [0.5, 0.6) is 0 Å². The van der Waals surface area contributed by atoms with Crippen molar-refractivity contribution in [1.82, 2.24) is 15.1 Å². The molecule has 11 heteroatoms. The van der Waals surface area contributed by atoms with E-state index in [1.54, 1.807) is 6.07 Å². The average molecular weight is 416 g/mol. The number of anilines is 3. The number of carbonyl (C=O) groups is 1. The smallest absolute Gasteiger partial charge is 0.324 e. The first kappa shape index (κ1) is 20.3. The van der Waals surface area contributed by atoms with E-state index in [1.807, 2.05) is 20.8 Å². The van der Waals surface area contributed by atoms with E-state index in [-0.39, 0.29) is 21.9 Å². The van der Waals surface area contributed by atoms with Crippen LogP contribution < -0.4 is 15.4 Å². The van der Waals surface area contributed by atoms with E-state index in [2.05, 4.69) is 30.5 Å². The number of nitrogens with one attached hydrogen (secondary N) is 3. The lowest BCUT2D eigenvalue weighted by molar-refractivity contribution is 0.262. The maximum atomic E-state index is 12.4. The van der Waals surface area contributed by atoms with Crippen molar-refractivity contribution >= 4 is 33.4 Å². The van der Waals surface area contributed by atoms with Crippen molar-refractivity contribution in [3.05, 3.63) is 54.7 Å². The van der Waals surface area contributed by atoms with Crippen LogP contribution in [0.15, 0.2) is 58.3 Å². The number of aromatic nitrogens is 3. The van der Waals surface area contributed by atoms with Gasteiger partial charge in [-0.05, 0) is 24.3 Å². The minimum absolute atomic E-state index is 0.0143. The Morgan fingerprint density at radius 1 is 1.03 bits per heavy atom. The Bertz CT molecular complexity index is 1090. The fourth-order valence-electron chi connectivity index (χ4n) is 2.23. The summed E-state index contributed by atoms with van der Waals surface area (Å²) in [5, 5.41) is 8.96. The molecule has 0 spiro atoms. The highest BCUT2D eigenvalue weighted by Crippen LogP contribution is 2.24. The van der Waals surface area contributed by atoms with Gasteiger partial charge in [-0.2, -0.15) is 0 Å². The Morgan fingerprint density at radius 3 is 2.34 bits per heavy atom. The first-order valence-electron chi connectivity index (χ1n) is 8.57. The van der Waals surface area contributed by atoms with Gasteiger partial charge in [0.05, 0.1) is 11.1 Å². The Balaban J connectivity index is 1.63. The molecule has 0 saturated heterocycles.